The lowest BCUT2D eigenvalue weighted by atomic mass is 10.1. The molecule has 40 heavy (non-hydrogen) atoms. The van der Waals surface area contributed by atoms with Crippen molar-refractivity contribution in [3.63, 3.8) is 0 Å². The maximum absolute atomic E-state index is 13.4. The van der Waals surface area contributed by atoms with Gasteiger partial charge in [-0.15, -0.1) is 23.1 Å². The van der Waals surface area contributed by atoms with Gasteiger partial charge in [0, 0.05) is 21.5 Å². The summed E-state index contributed by atoms with van der Waals surface area (Å²) in [6, 6.07) is 23.0. The van der Waals surface area contributed by atoms with Crippen molar-refractivity contribution < 1.29 is 19.1 Å². The number of carbonyl (C=O) groups excluding carboxylic acids is 3. The standard InChI is InChI=1S/C30H28N4O4S2/c1-19-18-39-30(31-19)34-27(35)20(2)40-25-14-8-12-23(17-25)32-29(37)26(16-21-9-7-13-24(15-21)38-3)33-28(36)22-10-5-4-6-11-22/h4-18,20H,1-3H3,(H,32,37)(H,33,36)(H,31,34,35)/b26-16-. The first-order valence-electron chi connectivity index (χ1n) is 12.3. The van der Waals surface area contributed by atoms with Crippen molar-refractivity contribution >= 4 is 57.7 Å². The predicted octanol–water partition coefficient (Wildman–Crippen LogP) is 5.99. The first-order valence-corrected chi connectivity index (χ1v) is 14.1. The number of nitrogens with one attached hydrogen (secondary N) is 3. The van der Waals surface area contributed by atoms with Gasteiger partial charge in [0.25, 0.3) is 11.8 Å². The van der Waals surface area contributed by atoms with Gasteiger partial charge in [0.05, 0.1) is 18.1 Å². The van der Waals surface area contributed by atoms with Gasteiger partial charge in [-0.1, -0.05) is 36.4 Å². The van der Waals surface area contributed by atoms with Crippen LogP contribution in [0, 0.1) is 6.92 Å². The van der Waals surface area contributed by atoms with Gasteiger partial charge < -0.3 is 20.7 Å². The third-order valence-corrected chi connectivity index (χ3v) is 7.53. The zero-order valence-electron chi connectivity index (χ0n) is 22.1. The second-order valence-corrected chi connectivity index (χ2v) is 11.0. The number of methoxy groups -OCH3 is 1. The molecule has 0 radical (unpaired) electrons. The van der Waals surface area contributed by atoms with E-state index in [4.69, 9.17) is 4.74 Å². The summed E-state index contributed by atoms with van der Waals surface area (Å²) >= 11 is 2.73. The number of hydrogen-bond donors (Lipinski definition) is 3. The molecule has 4 aromatic rings. The van der Waals surface area contributed by atoms with E-state index >= 15 is 0 Å². The molecule has 0 aliphatic heterocycles. The number of aromatic nitrogens is 1. The summed E-state index contributed by atoms with van der Waals surface area (Å²) in [6.45, 7) is 3.67. The molecule has 1 heterocycles. The molecule has 0 saturated heterocycles. The molecule has 0 fully saturated rings. The summed E-state index contributed by atoms with van der Waals surface area (Å²) in [7, 11) is 1.56. The van der Waals surface area contributed by atoms with E-state index in [2.05, 4.69) is 20.9 Å². The molecule has 3 aromatic carbocycles. The van der Waals surface area contributed by atoms with Crippen LogP contribution in [0.4, 0.5) is 10.8 Å². The van der Waals surface area contributed by atoms with Gasteiger partial charge in [-0.25, -0.2) is 4.98 Å². The van der Waals surface area contributed by atoms with E-state index in [0.717, 1.165) is 10.6 Å². The van der Waals surface area contributed by atoms with Crippen LogP contribution >= 0.6 is 23.1 Å². The van der Waals surface area contributed by atoms with Gasteiger partial charge in [-0.3, -0.25) is 14.4 Å². The van der Waals surface area contributed by atoms with Crippen molar-refractivity contribution in [2.75, 3.05) is 17.7 Å². The van der Waals surface area contributed by atoms with Crippen LogP contribution in [0.3, 0.4) is 0 Å². The summed E-state index contributed by atoms with van der Waals surface area (Å²) in [4.78, 5) is 44.0. The molecule has 0 aliphatic carbocycles. The largest absolute Gasteiger partial charge is 0.497 e. The number of thioether (sulfide) groups is 1. The minimum absolute atomic E-state index is 0.0617. The average molecular weight is 573 g/mol. The summed E-state index contributed by atoms with van der Waals surface area (Å²) in [5.41, 5.74) is 2.53. The van der Waals surface area contributed by atoms with E-state index in [1.54, 1.807) is 86.8 Å². The smallest absolute Gasteiger partial charge is 0.272 e. The van der Waals surface area contributed by atoms with Gasteiger partial charge in [-0.05, 0) is 68.0 Å². The van der Waals surface area contributed by atoms with Gasteiger partial charge >= 0.3 is 0 Å². The molecular formula is C30H28N4O4S2. The monoisotopic (exact) mass is 572 g/mol. The van der Waals surface area contributed by atoms with Crippen molar-refractivity contribution in [3.05, 3.63) is 107 Å². The number of hydrogen-bond acceptors (Lipinski definition) is 7. The highest BCUT2D eigenvalue weighted by Crippen LogP contribution is 2.27. The molecule has 10 heteroatoms. The molecule has 1 aromatic heterocycles. The fourth-order valence-corrected chi connectivity index (χ4v) is 5.18. The van der Waals surface area contributed by atoms with Gasteiger partial charge in [-0.2, -0.15) is 0 Å². The van der Waals surface area contributed by atoms with E-state index in [9.17, 15) is 14.4 Å². The Balaban J connectivity index is 1.49. The minimum Gasteiger partial charge on any atom is -0.497 e. The Morgan fingerprint density at radius 2 is 1.75 bits per heavy atom. The van der Waals surface area contributed by atoms with E-state index in [1.165, 1.54) is 23.1 Å². The third kappa shape index (κ3) is 8.05. The summed E-state index contributed by atoms with van der Waals surface area (Å²) < 4.78 is 5.29. The van der Waals surface area contributed by atoms with Crippen LogP contribution in [0.1, 0.15) is 28.5 Å². The molecule has 0 aliphatic rings. The molecule has 3 amide bonds. The number of aryl methyl sites for hydroxylation is 1. The number of anilines is 2. The Labute approximate surface area is 240 Å². The van der Waals surface area contributed by atoms with E-state index in [0.29, 0.717) is 27.7 Å². The van der Waals surface area contributed by atoms with Crippen molar-refractivity contribution in [1.29, 1.82) is 0 Å². The molecule has 0 bridgehead atoms. The van der Waals surface area contributed by atoms with Crippen molar-refractivity contribution in [2.24, 2.45) is 0 Å². The molecule has 0 spiro atoms. The van der Waals surface area contributed by atoms with E-state index in [-0.39, 0.29) is 11.6 Å². The van der Waals surface area contributed by atoms with Crippen LogP contribution in [-0.4, -0.2) is 35.1 Å². The molecule has 4 rings (SSSR count). The fraction of sp³-hybridized carbons (Fsp3) is 0.133. The van der Waals surface area contributed by atoms with Gasteiger partial charge in [0.2, 0.25) is 5.91 Å². The van der Waals surface area contributed by atoms with Crippen LogP contribution < -0.4 is 20.7 Å². The number of carbonyl (C=O) groups is 3. The number of benzene rings is 3. The maximum Gasteiger partial charge on any atom is 0.272 e. The second kappa shape index (κ2) is 13.6. The van der Waals surface area contributed by atoms with Crippen molar-refractivity contribution in [1.82, 2.24) is 10.3 Å². The Hall–Kier alpha value is -4.41. The number of nitrogens with zero attached hydrogens (tertiary/aromatic N) is 1. The Kier molecular flexibility index (Phi) is 9.71. The summed E-state index contributed by atoms with van der Waals surface area (Å²) in [5.74, 6) is -0.458. The van der Waals surface area contributed by atoms with Crippen LogP contribution in [0.5, 0.6) is 5.75 Å². The highest BCUT2D eigenvalue weighted by atomic mass is 32.2. The second-order valence-electron chi connectivity index (χ2n) is 8.68. The molecule has 0 saturated carbocycles. The minimum atomic E-state index is -0.501. The SMILES string of the molecule is COc1cccc(/C=C(\NC(=O)c2ccccc2)C(=O)Nc2cccc(SC(C)C(=O)Nc3nc(C)cs3)c2)c1. The van der Waals surface area contributed by atoms with Crippen molar-refractivity contribution in [3.8, 4) is 5.75 Å². The van der Waals surface area contributed by atoms with E-state index in [1.807, 2.05) is 24.4 Å². The first-order chi connectivity index (χ1) is 19.3. The fourth-order valence-electron chi connectivity index (χ4n) is 3.56. The molecule has 1 atom stereocenters. The lowest BCUT2D eigenvalue weighted by Crippen LogP contribution is -2.30. The third-order valence-electron chi connectivity index (χ3n) is 5.56. The Bertz CT molecular complexity index is 1540. The lowest BCUT2D eigenvalue weighted by molar-refractivity contribution is -0.115. The molecule has 204 valence electrons. The van der Waals surface area contributed by atoms with E-state index < -0.39 is 17.1 Å². The normalized spacial score (nSPS) is 11.8. The Morgan fingerprint density at radius 1 is 0.975 bits per heavy atom. The van der Waals surface area contributed by atoms with Gasteiger partial charge in [0.1, 0.15) is 11.4 Å². The quantitative estimate of drug-likeness (QED) is 0.159. The van der Waals surface area contributed by atoms with Crippen LogP contribution in [0.15, 0.2) is 94.8 Å². The number of ether oxygens (including phenoxy) is 1. The summed E-state index contributed by atoms with van der Waals surface area (Å²) in [6.07, 6.45) is 1.59. The lowest BCUT2D eigenvalue weighted by Gasteiger charge is -2.14. The maximum atomic E-state index is 13.4. The van der Waals surface area contributed by atoms with Gasteiger partial charge in [0.15, 0.2) is 5.13 Å². The first kappa shape index (κ1) is 28.6. The zero-order valence-corrected chi connectivity index (χ0v) is 23.8. The number of thiazole rings is 1. The number of rotatable bonds is 10. The molecular weight excluding hydrogens is 544 g/mol. The van der Waals surface area contributed by atoms with Crippen LogP contribution in [0.25, 0.3) is 6.08 Å². The molecule has 3 N–H and O–H groups in total. The number of amides is 3. The highest BCUT2D eigenvalue weighted by Gasteiger charge is 2.18. The molecule has 8 nitrogen and oxygen atoms in total. The van der Waals surface area contributed by atoms with Crippen LogP contribution in [-0.2, 0) is 9.59 Å². The zero-order chi connectivity index (χ0) is 28.5. The predicted molar refractivity (Wildman–Crippen MR) is 161 cm³/mol. The summed E-state index contributed by atoms with van der Waals surface area (Å²) in [5, 5.41) is 10.5. The molecule has 1 unspecified atom stereocenters. The van der Waals surface area contributed by atoms with Crippen LogP contribution in [0.2, 0.25) is 0 Å². The topological polar surface area (TPSA) is 109 Å². The average Bonchev–Trinajstić information content (AvgIpc) is 3.37. The van der Waals surface area contributed by atoms with Crippen molar-refractivity contribution in [2.45, 2.75) is 24.0 Å². The Morgan fingerprint density at radius 3 is 2.48 bits per heavy atom. The highest BCUT2D eigenvalue weighted by molar-refractivity contribution is 8.00.